The first kappa shape index (κ1) is 26.3. The van der Waals surface area contributed by atoms with Gasteiger partial charge >= 0.3 is 0 Å². The van der Waals surface area contributed by atoms with Crippen LogP contribution in [-0.2, 0) is 15.6 Å². The highest BCUT2D eigenvalue weighted by atomic mass is 16.5. The summed E-state index contributed by atoms with van der Waals surface area (Å²) in [4.78, 5) is 12.2. The maximum absolute atomic E-state index is 12.2. The van der Waals surface area contributed by atoms with Gasteiger partial charge in [0.15, 0.2) is 6.29 Å². The molecule has 3 nitrogen and oxygen atoms in total. The van der Waals surface area contributed by atoms with Crippen LogP contribution < -0.4 is 0 Å². The van der Waals surface area contributed by atoms with Gasteiger partial charge in [-0.05, 0) is 42.2 Å². The Hall–Kier alpha value is -1.97. The third-order valence-corrected chi connectivity index (χ3v) is 6.97. The molecule has 0 heterocycles. The molecule has 0 saturated heterocycles. The molecular formula is C29H42O3. The molecule has 0 bridgehead atoms. The number of carbonyl (C=O) groups excluding carboxylic acids is 1. The van der Waals surface area contributed by atoms with Crippen LogP contribution in [0.15, 0.2) is 60.7 Å². The second-order valence-corrected chi connectivity index (χ2v) is 10.1. The zero-order chi connectivity index (χ0) is 23.5. The fourth-order valence-corrected chi connectivity index (χ4v) is 4.46. The van der Waals surface area contributed by atoms with Gasteiger partial charge in [0.2, 0.25) is 0 Å². The Bertz CT molecular complexity index is 783. The van der Waals surface area contributed by atoms with E-state index in [1.165, 1.54) is 5.56 Å². The van der Waals surface area contributed by atoms with Crippen molar-refractivity contribution in [2.24, 2.45) is 0 Å². The van der Waals surface area contributed by atoms with Crippen LogP contribution >= 0.6 is 0 Å². The third kappa shape index (κ3) is 8.18. The molecule has 0 fully saturated rings. The van der Waals surface area contributed by atoms with Gasteiger partial charge in [-0.2, -0.15) is 0 Å². The Morgan fingerprint density at radius 2 is 1.16 bits per heavy atom. The van der Waals surface area contributed by atoms with E-state index in [0.29, 0.717) is 25.0 Å². The Morgan fingerprint density at radius 3 is 1.66 bits per heavy atom. The SMILES string of the molecule is CC(C)(CCCCCC(=O)CCCCCC(C)(c1ccccc1)C(O)O)c1ccccc1. The Morgan fingerprint density at radius 1 is 0.688 bits per heavy atom. The molecule has 0 amide bonds. The van der Waals surface area contributed by atoms with Crippen molar-refractivity contribution in [3.8, 4) is 0 Å². The number of unbranched alkanes of at least 4 members (excludes halogenated alkanes) is 4. The molecule has 1 atom stereocenters. The summed E-state index contributed by atoms with van der Waals surface area (Å²) in [5, 5.41) is 19.9. The standard InChI is InChI=1S/C29H42O3/c1-28(2,24-16-8-4-9-17-24)22-14-6-12-20-26(30)21-13-7-15-23-29(3,27(31)32)25-18-10-5-11-19-25/h4-5,8-11,16-19,27,31-32H,6-7,12-15,20-23H2,1-3H3. The minimum Gasteiger partial charge on any atom is -0.367 e. The van der Waals surface area contributed by atoms with Crippen molar-refractivity contribution in [3.63, 3.8) is 0 Å². The number of rotatable bonds is 15. The molecule has 32 heavy (non-hydrogen) atoms. The van der Waals surface area contributed by atoms with Crippen LogP contribution in [0.25, 0.3) is 0 Å². The van der Waals surface area contributed by atoms with Crippen LogP contribution in [0, 0.1) is 0 Å². The van der Waals surface area contributed by atoms with Crippen molar-refractivity contribution in [2.75, 3.05) is 0 Å². The van der Waals surface area contributed by atoms with E-state index in [2.05, 4.69) is 44.2 Å². The van der Waals surface area contributed by atoms with Crippen LogP contribution in [0.5, 0.6) is 0 Å². The van der Waals surface area contributed by atoms with E-state index in [4.69, 9.17) is 0 Å². The van der Waals surface area contributed by atoms with Gasteiger partial charge in [0.25, 0.3) is 0 Å². The molecule has 0 aliphatic rings. The quantitative estimate of drug-likeness (QED) is 0.240. The number of benzene rings is 2. The summed E-state index contributed by atoms with van der Waals surface area (Å²) < 4.78 is 0. The van der Waals surface area contributed by atoms with Crippen LogP contribution in [0.2, 0.25) is 0 Å². The molecule has 0 aliphatic carbocycles. The molecule has 2 N–H and O–H groups in total. The summed E-state index contributed by atoms with van der Waals surface area (Å²) in [6, 6.07) is 20.4. The monoisotopic (exact) mass is 438 g/mol. The molecule has 0 aromatic heterocycles. The molecule has 2 aromatic carbocycles. The number of aliphatic hydroxyl groups excluding tert-OH is 1. The van der Waals surface area contributed by atoms with Gasteiger partial charge in [0, 0.05) is 18.3 Å². The third-order valence-electron chi connectivity index (χ3n) is 6.97. The van der Waals surface area contributed by atoms with Crippen molar-refractivity contribution >= 4 is 5.78 Å². The van der Waals surface area contributed by atoms with E-state index in [0.717, 1.165) is 50.5 Å². The first-order chi connectivity index (χ1) is 15.3. The summed E-state index contributed by atoms with van der Waals surface area (Å²) in [6.45, 7) is 6.50. The van der Waals surface area contributed by atoms with E-state index in [-0.39, 0.29) is 5.41 Å². The van der Waals surface area contributed by atoms with Crippen LogP contribution in [0.1, 0.15) is 96.1 Å². The minimum absolute atomic E-state index is 0.182. The summed E-state index contributed by atoms with van der Waals surface area (Å²) in [5.41, 5.74) is 1.84. The normalized spacial score (nSPS) is 13.8. The first-order valence-electron chi connectivity index (χ1n) is 12.2. The zero-order valence-corrected chi connectivity index (χ0v) is 20.2. The van der Waals surface area contributed by atoms with Crippen molar-refractivity contribution in [1.82, 2.24) is 0 Å². The van der Waals surface area contributed by atoms with Crippen molar-refractivity contribution in [2.45, 2.75) is 102 Å². The van der Waals surface area contributed by atoms with Crippen LogP contribution in [0.3, 0.4) is 0 Å². The Labute approximate surface area is 194 Å². The molecule has 2 rings (SSSR count). The average Bonchev–Trinajstić information content (AvgIpc) is 2.79. The fraction of sp³-hybridized carbons (Fsp3) is 0.552. The van der Waals surface area contributed by atoms with Gasteiger partial charge in [-0.3, -0.25) is 4.79 Å². The smallest absolute Gasteiger partial charge is 0.160 e. The maximum Gasteiger partial charge on any atom is 0.160 e. The van der Waals surface area contributed by atoms with E-state index in [1.807, 2.05) is 37.3 Å². The van der Waals surface area contributed by atoms with E-state index in [1.54, 1.807) is 0 Å². The second kappa shape index (κ2) is 12.9. The van der Waals surface area contributed by atoms with E-state index >= 15 is 0 Å². The average molecular weight is 439 g/mol. The predicted octanol–water partition coefficient (Wildman–Crippen LogP) is 6.70. The lowest BCUT2D eigenvalue weighted by Gasteiger charge is -2.32. The van der Waals surface area contributed by atoms with Crippen molar-refractivity contribution < 1.29 is 15.0 Å². The van der Waals surface area contributed by atoms with Crippen molar-refractivity contribution in [1.29, 1.82) is 0 Å². The Balaban J connectivity index is 1.59. The highest BCUT2D eigenvalue weighted by molar-refractivity contribution is 5.78. The Kier molecular flexibility index (Phi) is 10.6. The number of hydrogen-bond acceptors (Lipinski definition) is 3. The summed E-state index contributed by atoms with van der Waals surface area (Å²) in [5.74, 6) is 0.361. The maximum atomic E-state index is 12.2. The van der Waals surface area contributed by atoms with Crippen LogP contribution in [-0.4, -0.2) is 22.3 Å². The molecule has 0 saturated carbocycles. The topological polar surface area (TPSA) is 57.5 Å². The molecule has 2 aromatic rings. The minimum atomic E-state index is -1.39. The lowest BCUT2D eigenvalue weighted by atomic mass is 9.77. The van der Waals surface area contributed by atoms with E-state index in [9.17, 15) is 15.0 Å². The number of ketones is 1. The molecule has 0 aliphatic heterocycles. The van der Waals surface area contributed by atoms with Gasteiger partial charge in [-0.25, -0.2) is 0 Å². The molecule has 0 spiro atoms. The summed E-state index contributed by atoms with van der Waals surface area (Å²) in [7, 11) is 0. The largest absolute Gasteiger partial charge is 0.367 e. The predicted molar refractivity (Wildman–Crippen MR) is 133 cm³/mol. The lowest BCUT2D eigenvalue weighted by Crippen LogP contribution is -2.36. The van der Waals surface area contributed by atoms with E-state index < -0.39 is 11.7 Å². The second-order valence-electron chi connectivity index (χ2n) is 10.1. The molecule has 176 valence electrons. The zero-order valence-electron chi connectivity index (χ0n) is 20.2. The molecule has 3 heteroatoms. The van der Waals surface area contributed by atoms with Gasteiger partial charge in [0.05, 0.1) is 0 Å². The highest BCUT2D eigenvalue weighted by Gasteiger charge is 2.33. The first-order valence-corrected chi connectivity index (χ1v) is 12.2. The molecule has 1 unspecified atom stereocenters. The number of hydrogen-bond donors (Lipinski definition) is 2. The van der Waals surface area contributed by atoms with Gasteiger partial charge in [0.1, 0.15) is 5.78 Å². The van der Waals surface area contributed by atoms with Gasteiger partial charge < -0.3 is 10.2 Å². The molecule has 0 radical (unpaired) electrons. The van der Waals surface area contributed by atoms with Gasteiger partial charge in [-0.15, -0.1) is 0 Å². The highest BCUT2D eigenvalue weighted by Crippen LogP contribution is 2.33. The van der Waals surface area contributed by atoms with Crippen molar-refractivity contribution in [3.05, 3.63) is 71.8 Å². The van der Waals surface area contributed by atoms with Crippen LogP contribution in [0.4, 0.5) is 0 Å². The lowest BCUT2D eigenvalue weighted by molar-refractivity contribution is -0.119. The molecular weight excluding hydrogens is 396 g/mol. The number of Topliss-reactive ketones (excluding diaryl/α,β-unsaturated/α-hetero) is 1. The summed E-state index contributed by atoms with van der Waals surface area (Å²) >= 11 is 0. The fourth-order valence-electron chi connectivity index (χ4n) is 4.46. The number of carbonyl (C=O) groups is 1. The van der Waals surface area contributed by atoms with Gasteiger partial charge in [-0.1, -0.05) is 107 Å². The number of aliphatic hydroxyl groups is 2. The summed E-state index contributed by atoms with van der Waals surface area (Å²) in [6.07, 6.45) is 7.70.